The third kappa shape index (κ3) is 3.99. The van der Waals surface area contributed by atoms with Crippen LogP contribution in [0.5, 0.6) is 5.75 Å². The summed E-state index contributed by atoms with van der Waals surface area (Å²) in [6, 6.07) is 17.8. The highest BCUT2D eigenvalue weighted by Crippen LogP contribution is 2.42. The van der Waals surface area contributed by atoms with Crippen LogP contribution in [-0.2, 0) is 22.6 Å². The summed E-state index contributed by atoms with van der Waals surface area (Å²) in [7, 11) is 0. The van der Waals surface area contributed by atoms with Gasteiger partial charge in [0.2, 0.25) is 5.91 Å². The predicted molar refractivity (Wildman–Crippen MR) is 138 cm³/mol. The topological polar surface area (TPSA) is 82.1 Å². The Kier molecular flexibility index (Phi) is 5.64. The number of ether oxygens (including phenoxy) is 1. The van der Waals surface area contributed by atoms with Gasteiger partial charge in [0.1, 0.15) is 12.4 Å². The van der Waals surface area contributed by atoms with E-state index in [4.69, 9.17) is 4.74 Å². The van der Waals surface area contributed by atoms with Crippen LogP contribution >= 0.6 is 0 Å². The van der Waals surface area contributed by atoms with Crippen molar-refractivity contribution in [2.75, 3.05) is 29.9 Å². The minimum absolute atomic E-state index is 0.0469. The average molecular weight is 484 g/mol. The number of nitrogens with one attached hydrogen (secondary N) is 1. The first kappa shape index (κ1) is 22.6. The standard InChI is InChI=1S/C29H29N3O4/c1-18-5-4-7-20-17-36-29(35)32(28(18)20)22-9-11-31(12-10-22)16-27(34)30-21-14-24-23-8-3-2-6-19(23)13-25(24)26(33)15-21/h2-8,14-15,22,33H,9-13,16-17H2,1H3,(H,30,34). The molecule has 0 atom stereocenters. The zero-order valence-corrected chi connectivity index (χ0v) is 20.3. The number of anilines is 2. The molecule has 3 aromatic carbocycles. The number of para-hydroxylation sites is 1. The number of carbonyl (C=O) groups is 2. The maximum atomic E-state index is 12.9. The maximum absolute atomic E-state index is 12.9. The zero-order chi connectivity index (χ0) is 24.8. The highest BCUT2D eigenvalue weighted by Gasteiger charge is 2.35. The molecule has 0 spiro atoms. The van der Waals surface area contributed by atoms with Crippen molar-refractivity contribution >= 4 is 23.4 Å². The van der Waals surface area contributed by atoms with Gasteiger partial charge in [-0.3, -0.25) is 14.6 Å². The number of piperidine rings is 1. The Morgan fingerprint density at radius 3 is 2.67 bits per heavy atom. The van der Waals surface area contributed by atoms with Gasteiger partial charge >= 0.3 is 6.09 Å². The highest BCUT2D eigenvalue weighted by molar-refractivity contribution is 5.94. The number of phenols is 1. The fourth-order valence-corrected chi connectivity index (χ4v) is 5.83. The second kappa shape index (κ2) is 8.99. The number of amides is 2. The van der Waals surface area contributed by atoms with Gasteiger partial charge in [-0.2, -0.15) is 0 Å². The second-order valence-electron chi connectivity index (χ2n) is 9.92. The minimum Gasteiger partial charge on any atom is -0.508 e. The van der Waals surface area contributed by atoms with Crippen molar-refractivity contribution in [3.63, 3.8) is 0 Å². The number of benzene rings is 3. The lowest BCUT2D eigenvalue weighted by molar-refractivity contribution is -0.117. The first-order valence-corrected chi connectivity index (χ1v) is 12.5. The number of cyclic esters (lactones) is 1. The molecule has 3 aliphatic rings. The Morgan fingerprint density at radius 2 is 1.83 bits per heavy atom. The lowest BCUT2D eigenvalue weighted by Crippen LogP contribution is -2.50. The average Bonchev–Trinajstić information content (AvgIpc) is 3.24. The van der Waals surface area contributed by atoms with Crippen LogP contribution in [0.2, 0.25) is 0 Å². The van der Waals surface area contributed by atoms with E-state index in [1.165, 1.54) is 5.56 Å². The number of hydrogen-bond acceptors (Lipinski definition) is 5. The van der Waals surface area contributed by atoms with Crippen LogP contribution in [0.3, 0.4) is 0 Å². The molecule has 2 N–H and O–H groups in total. The summed E-state index contributed by atoms with van der Waals surface area (Å²) in [5.74, 6) is 0.0986. The Hall–Kier alpha value is -3.84. The van der Waals surface area contributed by atoms with Crippen LogP contribution in [-0.4, -0.2) is 47.7 Å². The van der Waals surface area contributed by atoms with Crippen molar-refractivity contribution in [2.45, 2.75) is 38.8 Å². The van der Waals surface area contributed by atoms with Gasteiger partial charge in [-0.05, 0) is 48.1 Å². The van der Waals surface area contributed by atoms with Gasteiger partial charge in [0.25, 0.3) is 0 Å². The summed E-state index contributed by atoms with van der Waals surface area (Å²) in [4.78, 5) is 29.5. The third-order valence-electron chi connectivity index (χ3n) is 7.58. The monoisotopic (exact) mass is 483 g/mol. The number of fused-ring (bicyclic) bond motifs is 4. The van der Waals surface area contributed by atoms with Crippen LogP contribution in [0.15, 0.2) is 54.6 Å². The van der Waals surface area contributed by atoms with E-state index in [0.717, 1.165) is 46.3 Å². The van der Waals surface area contributed by atoms with E-state index in [2.05, 4.69) is 16.3 Å². The molecule has 7 nitrogen and oxygen atoms in total. The number of carbonyl (C=O) groups excluding carboxylic acids is 2. The molecule has 0 radical (unpaired) electrons. The molecule has 7 heteroatoms. The van der Waals surface area contributed by atoms with Gasteiger partial charge in [0.05, 0.1) is 12.2 Å². The first-order valence-electron chi connectivity index (χ1n) is 12.5. The predicted octanol–water partition coefficient (Wildman–Crippen LogP) is 4.83. The molecule has 2 amide bonds. The fraction of sp³-hybridized carbons (Fsp3) is 0.310. The number of nitrogens with zero attached hydrogens (tertiary/aromatic N) is 2. The molecule has 0 saturated carbocycles. The second-order valence-corrected chi connectivity index (χ2v) is 9.92. The van der Waals surface area contributed by atoms with Crippen molar-refractivity contribution in [3.05, 3.63) is 76.9 Å². The molecule has 2 heterocycles. The summed E-state index contributed by atoms with van der Waals surface area (Å²) < 4.78 is 5.44. The van der Waals surface area contributed by atoms with Gasteiger partial charge < -0.3 is 15.2 Å². The van der Waals surface area contributed by atoms with Crippen molar-refractivity contribution in [3.8, 4) is 16.9 Å². The molecular weight excluding hydrogens is 454 g/mol. The molecule has 184 valence electrons. The Labute approximate surface area is 210 Å². The smallest absolute Gasteiger partial charge is 0.414 e. The lowest BCUT2D eigenvalue weighted by Gasteiger charge is -2.40. The van der Waals surface area contributed by atoms with Gasteiger partial charge in [-0.1, -0.05) is 42.5 Å². The highest BCUT2D eigenvalue weighted by atomic mass is 16.6. The molecule has 0 unspecified atom stereocenters. The van der Waals surface area contributed by atoms with E-state index in [9.17, 15) is 14.7 Å². The van der Waals surface area contributed by atoms with Gasteiger partial charge in [-0.25, -0.2) is 4.79 Å². The zero-order valence-electron chi connectivity index (χ0n) is 20.3. The summed E-state index contributed by atoms with van der Waals surface area (Å²) >= 11 is 0. The van der Waals surface area contributed by atoms with Gasteiger partial charge in [0.15, 0.2) is 0 Å². The van der Waals surface area contributed by atoms with E-state index in [-0.39, 0.29) is 30.3 Å². The number of hydrogen-bond donors (Lipinski definition) is 2. The van der Waals surface area contributed by atoms with E-state index in [1.54, 1.807) is 6.07 Å². The molecule has 36 heavy (non-hydrogen) atoms. The summed E-state index contributed by atoms with van der Waals surface area (Å²) in [5.41, 5.74) is 7.87. The number of rotatable bonds is 4. The number of aromatic hydroxyl groups is 1. The molecule has 0 aromatic heterocycles. The normalized spacial score (nSPS) is 17.2. The molecule has 1 saturated heterocycles. The van der Waals surface area contributed by atoms with E-state index in [1.807, 2.05) is 54.3 Å². The molecule has 0 bridgehead atoms. The Morgan fingerprint density at radius 1 is 1.06 bits per heavy atom. The van der Waals surface area contributed by atoms with Crippen molar-refractivity contribution < 1.29 is 19.4 Å². The summed E-state index contributed by atoms with van der Waals surface area (Å²) in [5, 5.41) is 13.5. The van der Waals surface area contributed by atoms with Crippen molar-refractivity contribution in [1.82, 2.24) is 4.90 Å². The maximum Gasteiger partial charge on any atom is 0.414 e. The molecule has 1 fully saturated rings. The van der Waals surface area contributed by atoms with Crippen LogP contribution in [0.25, 0.3) is 11.1 Å². The van der Waals surface area contributed by atoms with E-state index < -0.39 is 0 Å². The lowest BCUT2D eigenvalue weighted by atomic mass is 9.99. The third-order valence-corrected chi connectivity index (χ3v) is 7.58. The molecule has 2 aliphatic heterocycles. The van der Waals surface area contributed by atoms with Gasteiger partial charge in [-0.15, -0.1) is 0 Å². The molecular formula is C29H29N3O4. The van der Waals surface area contributed by atoms with Crippen LogP contribution in [0.4, 0.5) is 16.2 Å². The van der Waals surface area contributed by atoms with Gasteiger partial charge in [0, 0.05) is 48.4 Å². The SMILES string of the molecule is Cc1cccc2c1N(C1CCN(CC(=O)Nc3cc(O)c4c(c3)-c3ccccc3C4)CC1)C(=O)OC2. The molecule has 1 aliphatic carbocycles. The number of phenolic OH excluding ortho intramolecular Hbond substituents is 1. The van der Waals surface area contributed by atoms with Crippen LogP contribution < -0.4 is 10.2 Å². The molecule has 6 rings (SSSR count). The fourth-order valence-electron chi connectivity index (χ4n) is 5.83. The molecule has 3 aromatic rings. The quantitative estimate of drug-likeness (QED) is 0.435. The first-order chi connectivity index (χ1) is 17.5. The number of likely N-dealkylation sites (tertiary alicyclic amines) is 1. The largest absolute Gasteiger partial charge is 0.508 e. The Bertz CT molecular complexity index is 1360. The van der Waals surface area contributed by atoms with Crippen LogP contribution in [0, 0.1) is 6.92 Å². The van der Waals surface area contributed by atoms with E-state index >= 15 is 0 Å². The summed E-state index contributed by atoms with van der Waals surface area (Å²) in [6.45, 7) is 4.04. The van der Waals surface area contributed by atoms with Crippen molar-refractivity contribution in [1.29, 1.82) is 0 Å². The summed E-state index contributed by atoms with van der Waals surface area (Å²) in [6.07, 6.45) is 1.96. The van der Waals surface area contributed by atoms with Crippen LogP contribution in [0.1, 0.15) is 35.1 Å². The minimum atomic E-state index is -0.286. The Balaban J connectivity index is 1.10. The van der Waals surface area contributed by atoms with E-state index in [0.29, 0.717) is 31.8 Å². The number of aryl methyl sites for hydroxylation is 1. The van der Waals surface area contributed by atoms with Crippen molar-refractivity contribution in [2.24, 2.45) is 0 Å².